The standard InChI is InChI=1S/C8H8N2O2/c1-5-3-6(2)10-7(4-5)9-8(11)12-10/h3-4H,1-2H3. The molecule has 0 bridgehead atoms. The van der Waals surface area contributed by atoms with Crippen molar-refractivity contribution in [2.75, 3.05) is 0 Å². The van der Waals surface area contributed by atoms with Gasteiger partial charge in [-0.05, 0) is 31.5 Å². The first-order valence-corrected chi connectivity index (χ1v) is 3.64. The molecule has 0 N–H and O–H groups in total. The third-order valence-corrected chi connectivity index (χ3v) is 1.70. The molecule has 0 atom stereocenters. The quantitative estimate of drug-likeness (QED) is 0.581. The Morgan fingerprint density at radius 2 is 2.17 bits per heavy atom. The van der Waals surface area contributed by atoms with E-state index in [2.05, 4.69) is 4.98 Å². The van der Waals surface area contributed by atoms with Crippen LogP contribution < -0.4 is 5.76 Å². The fourth-order valence-electron chi connectivity index (χ4n) is 1.26. The van der Waals surface area contributed by atoms with Crippen LogP contribution in [0.3, 0.4) is 0 Å². The van der Waals surface area contributed by atoms with Gasteiger partial charge in [-0.15, -0.1) is 0 Å². The highest BCUT2D eigenvalue weighted by atomic mass is 16.5. The summed E-state index contributed by atoms with van der Waals surface area (Å²) in [6, 6.07) is 3.73. The van der Waals surface area contributed by atoms with Gasteiger partial charge in [0.15, 0.2) is 5.65 Å². The van der Waals surface area contributed by atoms with Crippen LogP contribution >= 0.6 is 0 Å². The van der Waals surface area contributed by atoms with E-state index in [1.165, 1.54) is 4.57 Å². The van der Waals surface area contributed by atoms with Crippen LogP contribution in [0.4, 0.5) is 0 Å². The van der Waals surface area contributed by atoms with Crippen LogP contribution in [0.1, 0.15) is 11.3 Å². The first-order chi connectivity index (χ1) is 5.66. The first kappa shape index (κ1) is 7.09. The van der Waals surface area contributed by atoms with Gasteiger partial charge in [-0.3, -0.25) is 0 Å². The summed E-state index contributed by atoms with van der Waals surface area (Å²) in [5.74, 6) is -0.552. The normalized spacial score (nSPS) is 10.8. The fraction of sp³-hybridized carbons (Fsp3) is 0.250. The van der Waals surface area contributed by atoms with E-state index in [0.717, 1.165) is 11.3 Å². The molecule has 4 nitrogen and oxygen atoms in total. The van der Waals surface area contributed by atoms with E-state index in [-0.39, 0.29) is 0 Å². The Morgan fingerprint density at radius 3 is 2.92 bits per heavy atom. The maximum Gasteiger partial charge on any atom is 0.460 e. The number of aromatic nitrogens is 2. The zero-order chi connectivity index (χ0) is 8.72. The highest BCUT2D eigenvalue weighted by Gasteiger charge is 2.02. The molecule has 2 aromatic heterocycles. The van der Waals surface area contributed by atoms with E-state index in [1.54, 1.807) is 6.07 Å². The predicted octanol–water partition coefficient (Wildman–Crippen LogP) is 0.904. The second-order valence-corrected chi connectivity index (χ2v) is 2.80. The summed E-state index contributed by atoms with van der Waals surface area (Å²) in [6.07, 6.45) is 0. The molecule has 0 fully saturated rings. The van der Waals surface area contributed by atoms with E-state index in [4.69, 9.17) is 4.52 Å². The van der Waals surface area contributed by atoms with E-state index in [9.17, 15) is 4.79 Å². The number of aryl methyl sites for hydroxylation is 2. The van der Waals surface area contributed by atoms with Crippen molar-refractivity contribution >= 4 is 5.65 Å². The van der Waals surface area contributed by atoms with E-state index < -0.39 is 5.76 Å². The number of rotatable bonds is 0. The third-order valence-electron chi connectivity index (χ3n) is 1.70. The Bertz CT molecular complexity index is 481. The molecule has 0 aliphatic heterocycles. The molecule has 0 spiro atoms. The third kappa shape index (κ3) is 0.922. The summed E-state index contributed by atoms with van der Waals surface area (Å²) in [6.45, 7) is 3.82. The summed E-state index contributed by atoms with van der Waals surface area (Å²) in [7, 11) is 0. The fourth-order valence-corrected chi connectivity index (χ4v) is 1.26. The van der Waals surface area contributed by atoms with Crippen molar-refractivity contribution in [1.29, 1.82) is 0 Å². The van der Waals surface area contributed by atoms with Gasteiger partial charge in [0.25, 0.3) is 0 Å². The van der Waals surface area contributed by atoms with Gasteiger partial charge < -0.3 is 4.52 Å². The van der Waals surface area contributed by atoms with Crippen molar-refractivity contribution in [2.24, 2.45) is 0 Å². The van der Waals surface area contributed by atoms with E-state index >= 15 is 0 Å². The van der Waals surface area contributed by atoms with Crippen molar-refractivity contribution in [1.82, 2.24) is 9.56 Å². The molecule has 0 aromatic carbocycles. The maximum absolute atomic E-state index is 10.8. The highest BCUT2D eigenvalue weighted by Crippen LogP contribution is 2.06. The number of pyridine rings is 1. The van der Waals surface area contributed by atoms with Crippen LogP contribution in [0, 0.1) is 13.8 Å². The van der Waals surface area contributed by atoms with Crippen LogP contribution in [-0.4, -0.2) is 9.56 Å². The Hall–Kier alpha value is -1.58. The zero-order valence-electron chi connectivity index (χ0n) is 6.87. The lowest BCUT2D eigenvalue weighted by Gasteiger charge is -1.97. The maximum atomic E-state index is 10.8. The van der Waals surface area contributed by atoms with Crippen LogP contribution in [-0.2, 0) is 0 Å². The highest BCUT2D eigenvalue weighted by molar-refractivity contribution is 5.40. The number of hydrogen-bond donors (Lipinski definition) is 0. The molecule has 62 valence electrons. The first-order valence-electron chi connectivity index (χ1n) is 3.64. The molecule has 2 aromatic rings. The van der Waals surface area contributed by atoms with E-state index in [1.807, 2.05) is 19.9 Å². The second kappa shape index (κ2) is 2.20. The molecule has 12 heavy (non-hydrogen) atoms. The predicted molar refractivity (Wildman–Crippen MR) is 43.2 cm³/mol. The number of fused-ring (bicyclic) bond motifs is 1. The van der Waals surface area contributed by atoms with E-state index in [0.29, 0.717) is 5.65 Å². The Labute approximate surface area is 68.4 Å². The van der Waals surface area contributed by atoms with Gasteiger partial charge in [-0.1, -0.05) is 0 Å². The van der Waals surface area contributed by atoms with Crippen molar-refractivity contribution in [3.05, 3.63) is 33.9 Å². The Morgan fingerprint density at radius 1 is 1.42 bits per heavy atom. The largest absolute Gasteiger partial charge is 0.460 e. The number of hydrogen-bond acceptors (Lipinski definition) is 3. The smallest absolute Gasteiger partial charge is 0.314 e. The summed E-state index contributed by atoms with van der Waals surface area (Å²) < 4.78 is 6.23. The minimum atomic E-state index is -0.552. The van der Waals surface area contributed by atoms with Crippen molar-refractivity contribution in [3.63, 3.8) is 0 Å². The molecule has 0 aliphatic carbocycles. The Balaban J connectivity index is 2.97. The summed E-state index contributed by atoms with van der Waals surface area (Å²) in [5, 5.41) is 0. The lowest BCUT2D eigenvalue weighted by atomic mass is 10.2. The lowest BCUT2D eigenvalue weighted by Crippen LogP contribution is -1.93. The monoisotopic (exact) mass is 164 g/mol. The van der Waals surface area contributed by atoms with Gasteiger partial charge in [-0.25, -0.2) is 4.79 Å². The molecule has 2 rings (SSSR count). The van der Waals surface area contributed by atoms with Gasteiger partial charge in [0.1, 0.15) is 0 Å². The lowest BCUT2D eigenvalue weighted by molar-refractivity contribution is 0.338. The van der Waals surface area contributed by atoms with Gasteiger partial charge in [0.05, 0.1) is 5.69 Å². The average Bonchev–Trinajstić information content (AvgIpc) is 2.29. The van der Waals surface area contributed by atoms with Crippen LogP contribution in [0.15, 0.2) is 21.5 Å². The molecule has 0 aliphatic rings. The minimum Gasteiger partial charge on any atom is -0.314 e. The van der Waals surface area contributed by atoms with Crippen LogP contribution in [0.5, 0.6) is 0 Å². The summed E-state index contributed by atoms with van der Waals surface area (Å²) in [4.78, 5) is 14.4. The molecular formula is C8H8N2O2. The second-order valence-electron chi connectivity index (χ2n) is 2.80. The molecule has 0 saturated carbocycles. The van der Waals surface area contributed by atoms with Gasteiger partial charge >= 0.3 is 5.76 Å². The summed E-state index contributed by atoms with van der Waals surface area (Å²) in [5.41, 5.74) is 2.51. The topological polar surface area (TPSA) is 47.5 Å². The summed E-state index contributed by atoms with van der Waals surface area (Å²) >= 11 is 0. The van der Waals surface area contributed by atoms with Gasteiger partial charge in [0, 0.05) is 0 Å². The molecule has 2 heterocycles. The molecule has 0 saturated heterocycles. The van der Waals surface area contributed by atoms with Gasteiger partial charge in [0.2, 0.25) is 0 Å². The Kier molecular flexibility index (Phi) is 1.30. The van der Waals surface area contributed by atoms with Crippen LogP contribution in [0.2, 0.25) is 0 Å². The minimum absolute atomic E-state index is 0.552. The van der Waals surface area contributed by atoms with Crippen molar-refractivity contribution < 1.29 is 4.52 Å². The molecule has 0 amide bonds. The van der Waals surface area contributed by atoms with Crippen molar-refractivity contribution in [2.45, 2.75) is 13.8 Å². The SMILES string of the molecule is Cc1cc(C)n2oc(=O)nc2c1. The molecule has 4 heteroatoms. The van der Waals surface area contributed by atoms with Gasteiger partial charge in [-0.2, -0.15) is 9.56 Å². The zero-order valence-corrected chi connectivity index (χ0v) is 6.87. The molecular weight excluding hydrogens is 156 g/mol. The molecule has 0 radical (unpaired) electrons. The van der Waals surface area contributed by atoms with Crippen LogP contribution in [0.25, 0.3) is 5.65 Å². The van der Waals surface area contributed by atoms with Crippen molar-refractivity contribution in [3.8, 4) is 0 Å². The number of nitrogens with zero attached hydrogens (tertiary/aromatic N) is 2. The molecule has 0 unspecified atom stereocenters. The average molecular weight is 164 g/mol.